The molecule has 2 N–H and O–H groups in total. The fourth-order valence-electron chi connectivity index (χ4n) is 7.17. The third kappa shape index (κ3) is 5.36. The van der Waals surface area contributed by atoms with Crippen LogP contribution in [0.15, 0.2) is 18.2 Å². The van der Waals surface area contributed by atoms with Crippen LogP contribution in [0.25, 0.3) is 5.57 Å². The van der Waals surface area contributed by atoms with E-state index in [0.717, 1.165) is 70.9 Å². The van der Waals surface area contributed by atoms with Crippen molar-refractivity contribution < 1.29 is 18.4 Å². The van der Waals surface area contributed by atoms with Crippen LogP contribution < -0.4 is 10.6 Å². The molecule has 4 aliphatic heterocycles. The van der Waals surface area contributed by atoms with E-state index in [1.807, 2.05) is 9.80 Å². The first-order chi connectivity index (χ1) is 18.2. The first-order valence-corrected chi connectivity index (χ1v) is 14.4. The fourth-order valence-corrected chi connectivity index (χ4v) is 7.33. The zero-order chi connectivity index (χ0) is 27.0. The molecule has 1 aromatic rings. The van der Waals surface area contributed by atoms with Crippen molar-refractivity contribution in [1.29, 1.82) is 0 Å². The molecular weight excluding hydrogens is 510 g/mol. The predicted molar refractivity (Wildman–Crippen MR) is 145 cm³/mol. The van der Waals surface area contributed by atoms with Gasteiger partial charge >= 0.3 is 0 Å². The van der Waals surface area contributed by atoms with Crippen molar-refractivity contribution in [2.24, 2.45) is 17.3 Å². The lowest BCUT2D eigenvalue weighted by Crippen LogP contribution is -2.67. The average Bonchev–Trinajstić information content (AvgIpc) is 2.86. The van der Waals surface area contributed by atoms with Gasteiger partial charge in [0.25, 0.3) is 0 Å². The Morgan fingerprint density at radius 3 is 2.71 bits per heavy atom. The van der Waals surface area contributed by atoms with Gasteiger partial charge in [-0.15, -0.1) is 0 Å². The second-order valence-electron chi connectivity index (χ2n) is 11.9. The molecule has 3 fully saturated rings. The Kier molecular flexibility index (Phi) is 8.13. The second kappa shape index (κ2) is 11.2. The molecule has 0 aliphatic carbocycles. The first kappa shape index (κ1) is 27.5. The lowest BCUT2D eigenvalue weighted by Gasteiger charge is -2.57. The lowest BCUT2D eigenvalue weighted by molar-refractivity contribution is -0.147. The van der Waals surface area contributed by atoms with Crippen molar-refractivity contribution in [2.45, 2.75) is 64.5 Å². The molecule has 38 heavy (non-hydrogen) atoms. The molecule has 0 aromatic heterocycles. The van der Waals surface area contributed by atoms with Gasteiger partial charge in [0.1, 0.15) is 5.82 Å². The number of nitrogens with zero attached hydrogens (tertiary/aromatic N) is 2. The molecule has 2 bridgehead atoms. The summed E-state index contributed by atoms with van der Waals surface area (Å²) < 4.78 is 29.2. The van der Waals surface area contributed by atoms with Crippen molar-refractivity contribution in [3.05, 3.63) is 40.4 Å². The van der Waals surface area contributed by atoms with Crippen molar-refractivity contribution in [1.82, 2.24) is 20.4 Å². The maximum Gasteiger partial charge on any atom is 0.247 e. The minimum Gasteiger partial charge on any atom is -0.342 e. The van der Waals surface area contributed by atoms with Gasteiger partial charge in [-0.1, -0.05) is 24.9 Å². The summed E-state index contributed by atoms with van der Waals surface area (Å²) in [6.45, 7) is 8.65. The van der Waals surface area contributed by atoms with E-state index in [9.17, 15) is 18.4 Å². The summed E-state index contributed by atoms with van der Waals surface area (Å²) in [6, 6.07) is 2.50. The maximum absolute atomic E-state index is 14.7. The lowest BCUT2D eigenvalue weighted by atomic mass is 9.64. The van der Waals surface area contributed by atoms with Gasteiger partial charge < -0.3 is 20.4 Å². The second-order valence-corrected chi connectivity index (χ2v) is 12.3. The summed E-state index contributed by atoms with van der Waals surface area (Å²) in [4.78, 5) is 29.4. The molecule has 1 aromatic carbocycles. The molecule has 6 nitrogen and oxygen atoms in total. The van der Waals surface area contributed by atoms with E-state index >= 15 is 0 Å². The Balaban J connectivity index is 1.39. The fraction of sp³-hybridized carbons (Fsp3) is 0.655. The monoisotopic (exact) mass is 548 g/mol. The Labute approximate surface area is 229 Å². The van der Waals surface area contributed by atoms with Crippen LogP contribution in [0.4, 0.5) is 8.78 Å². The molecule has 3 saturated heterocycles. The van der Waals surface area contributed by atoms with Crippen LogP contribution in [0.3, 0.4) is 0 Å². The van der Waals surface area contributed by atoms with Crippen LogP contribution in [0, 0.1) is 28.9 Å². The normalized spacial score (nSPS) is 30.2. The van der Waals surface area contributed by atoms with Gasteiger partial charge in [-0.25, -0.2) is 8.78 Å². The third-order valence-electron chi connectivity index (χ3n) is 9.36. The van der Waals surface area contributed by atoms with E-state index in [1.54, 1.807) is 6.92 Å². The standard InChI is InChI=1S/C29H39ClF2N4O2/c1-18-4-3-5-25(36-11-9-20(12-26(36)38)27-23(31)7-6-22(30)28(27)32)24-13-21(8-10-34-24)29(15-33-14-18)16-35(17-29)19(2)37/h6-7,12,18,21,24-25,33-34H,3-5,8-11,13-17H2,1-2H3/t18-,21?,24?,25+/m1/s1. The van der Waals surface area contributed by atoms with Crippen LogP contribution in [-0.2, 0) is 9.59 Å². The molecule has 0 radical (unpaired) electrons. The highest BCUT2D eigenvalue weighted by Gasteiger charge is 2.51. The molecule has 9 heteroatoms. The van der Waals surface area contributed by atoms with E-state index in [-0.39, 0.29) is 39.9 Å². The number of fused-ring (bicyclic) bond motifs is 3. The van der Waals surface area contributed by atoms with Crippen LogP contribution >= 0.6 is 11.6 Å². The number of halogens is 3. The SMILES string of the molecule is CC(=O)N1CC2(CNC[C@H](C)CCC[C@H](N3CCC(c4c(F)ccc(Cl)c4F)=CC3=O)C3CC2CCN3)C1. The summed E-state index contributed by atoms with van der Waals surface area (Å²) in [5.74, 6) is -0.601. The summed E-state index contributed by atoms with van der Waals surface area (Å²) >= 11 is 5.92. The zero-order valence-corrected chi connectivity index (χ0v) is 23.1. The largest absolute Gasteiger partial charge is 0.342 e. The Hall–Kier alpha value is -2.03. The Bertz CT molecular complexity index is 1110. The highest BCUT2D eigenvalue weighted by atomic mass is 35.5. The van der Waals surface area contributed by atoms with Gasteiger partial charge in [-0.05, 0) is 74.7 Å². The number of hydrogen-bond donors (Lipinski definition) is 2. The summed E-state index contributed by atoms with van der Waals surface area (Å²) in [6.07, 6.45) is 6.75. The van der Waals surface area contributed by atoms with E-state index < -0.39 is 11.6 Å². The molecule has 4 atom stereocenters. The molecule has 0 saturated carbocycles. The highest BCUT2D eigenvalue weighted by Crippen LogP contribution is 2.44. The smallest absolute Gasteiger partial charge is 0.247 e. The Morgan fingerprint density at radius 1 is 1.18 bits per heavy atom. The molecule has 4 heterocycles. The number of carbonyl (C=O) groups excluding carboxylic acids is 2. The van der Waals surface area contributed by atoms with Gasteiger partial charge in [-0.2, -0.15) is 0 Å². The molecule has 2 amide bonds. The van der Waals surface area contributed by atoms with Crippen molar-refractivity contribution in [3.8, 4) is 0 Å². The van der Waals surface area contributed by atoms with Crippen LogP contribution in [0.1, 0.15) is 57.9 Å². The minimum absolute atomic E-state index is 0.0118. The number of benzene rings is 1. The number of rotatable bonds is 2. The van der Waals surface area contributed by atoms with Crippen LogP contribution in [0.2, 0.25) is 5.02 Å². The van der Waals surface area contributed by atoms with E-state index in [2.05, 4.69) is 17.6 Å². The molecule has 208 valence electrons. The minimum atomic E-state index is -0.810. The highest BCUT2D eigenvalue weighted by molar-refractivity contribution is 6.31. The van der Waals surface area contributed by atoms with E-state index in [4.69, 9.17) is 11.6 Å². The number of carbonyl (C=O) groups is 2. The van der Waals surface area contributed by atoms with E-state index in [1.165, 1.54) is 12.1 Å². The molecule has 5 rings (SSSR count). The molecule has 4 aliphatic rings. The number of piperidine rings is 1. The number of likely N-dealkylation sites (tertiary alicyclic amines) is 1. The van der Waals surface area contributed by atoms with Crippen molar-refractivity contribution in [3.63, 3.8) is 0 Å². The summed E-state index contributed by atoms with van der Waals surface area (Å²) in [7, 11) is 0. The van der Waals surface area contributed by atoms with Crippen LogP contribution in [0.5, 0.6) is 0 Å². The quantitative estimate of drug-likeness (QED) is 0.543. The maximum atomic E-state index is 14.7. The van der Waals surface area contributed by atoms with Crippen LogP contribution in [-0.4, -0.2) is 73.0 Å². The molecular formula is C29H39ClF2N4O2. The van der Waals surface area contributed by atoms with Gasteiger partial charge in [0.15, 0.2) is 5.82 Å². The van der Waals surface area contributed by atoms with Gasteiger partial charge in [-0.3, -0.25) is 9.59 Å². The van der Waals surface area contributed by atoms with Crippen molar-refractivity contribution >= 4 is 29.0 Å². The van der Waals surface area contributed by atoms with Gasteiger partial charge in [0.05, 0.1) is 10.6 Å². The number of nitrogens with one attached hydrogen (secondary N) is 2. The predicted octanol–water partition coefficient (Wildman–Crippen LogP) is 4.23. The third-order valence-corrected chi connectivity index (χ3v) is 9.65. The molecule has 2 unspecified atom stereocenters. The molecule has 1 spiro atoms. The Morgan fingerprint density at radius 2 is 1.97 bits per heavy atom. The van der Waals surface area contributed by atoms with Gasteiger partial charge in [0.2, 0.25) is 11.8 Å². The zero-order valence-electron chi connectivity index (χ0n) is 22.4. The summed E-state index contributed by atoms with van der Waals surface area (Å²) in [5, 5.41) is 7.29. The number of amides is 2. The average molecular weight is 549 g/mol. The topological polar surface area (TPSA) is 64.7 Å². The summed E-state index contributed by atoms with van der Waals surface area (Å²) in [5.41, 5.74) is 0.239. The van der Waals surface area contributed by atoms with E-state index in [0.29, 0.717) is 30.4 Å². The first-order valence-electron chi connectivity index (χ1n) is 14.0. The van der Waals surface area contributed by atoms with Crippen molar-refractivity contribution in [2.75, 3.05) is 39.3 Å². The number of hydrogen-bond acceptors (Lipinski definition) is 4. The van der Waals surface area contributed by atoms with Gasteiger partial charge in [0, 0.05) is 56.7 Å².